The van der Waals surface area contributed by atoms with Crippen LogP contribution in [0.5, 0.6) is 0 Å². The van der Waals surface area contributed by atoms with E-state index in [4.69, 9.17) is 4.74 Å². The minimum Gasteiger partial charge on any atom is -0.479 e. The van der Waals surface area contributed by atoms with Gasteiger partial charge in [-0.15, -0.1) is 0 Å². The molecule has 2 unspecified atom stereocenters. The number of nitrogens with zero attached hydrogens (tertiary/aromatic N) is 1. The van der Waals surface area contributed by atoms with Gasteiger partial charge >= 0.3 is 5.97 Å². The molecule has 2 aliphatic rings. The van der Waals surface area contributed by atoms with Crippen molar-refractivity contribution >= 4 is 11.9 Å². The number of carbonyl (C=O) groups is 2. The molecule has 2 aromatic rings. The first-order valence-electron chi connectivity index (χ1n) is 12.5. The lowest BCUT2D eigenvalue weighted by atomic mass is 9.83. The van der Waals surface area contributed by atoms with Crippen molar-refractivity contribution in [1.29, 1.82) is 0 Å². The number of rotatable bonds is 5. The van der Waals surface area contributed by atoms with Gasteiger partial charge in [0.25, 0.3) is 0 Å². The highest BCUT2D eigenvalue weighted by molar-refractivity contribution is 5.85. The third-order valence-corrected chi connectivity index (χ3v) is 7.38. The van der Waals surface area contributed by atoms with Gasteiger partial charge in [-0.25, -0.2) is 13.6 Å². The molecule has 36 heavy (non-hydrogen) atoms. The zero-order valence-corrected chi connectivity index (χ0v) is 21.9. The normalized spacial score (nSPS) is 19.9. The maximum Gasteiger partial charge on any atom is 0.337 e. The Labute approximate surface area is 211 Å². The number of benzene rings is 2. The first-order valence-corrected chi connectivity index (χ1v) is 12.5. The molecule has 1 saturated carbocycles. The molecule has 1 N–H and O–H groups in total. The SMILES string of the molecule is Cc1ccc(-c2c(C)c3c(c(C)c2C(OC(C)(C)C)C(=O)O)CN(C(=O)C2CCC(F)(F)C2)C3)cc1. The summed E-state index contributed by atoms with van der Waals surface area (Å²) in [6, 6.07) is 7.91. The average molecular weight is 500 g/mol. The van der Waals surface area contributed by atoms with Gasteiger partial charge in [-0.05, 0) is 81.3 Å². The van der Waals surface area contributed by atoms with Gasteiger partial charge < -0.3 is 14.7 Å². The lowest BCUT2D eigenvalue weighted by Gasteiger charge is -2.29. The van der Waals surface area contributed by atoms with Crippen LogP contribution >= 0.6 is 0 Å². The molecule has 0 saturated heterocycles. The summed E-state index contributed by atoms with van der Waals surface area (Å²) < 4.78 is 33.7. The number of carboxylic acids is 1. The van der Waals surface area contributed by atoms with E-state index in [1.807, 2.05) is 65.8 Å². The molecule has 7 heteroatoms. The molecule has 0 aromatic heterocycles. The molecule has 2 aromatic carbocycles. The van der Waals surface area contributed by atoms with Crippen molar-refractivity contribution in [1.82, 2.24) is 4.90 Å². The van der Waals surface area contributed by atoms with Crippen LogP contribution in [0.3, 0.4) is 0 Å². The van der Waals surface area contributed by atoms with Crippen LogP contribution < -0.4 is 0 Å². The predicted octanol–water partition coefficient (Wildman–Crippen LogP) is 6.50. The van der Waals surface area contributed by atoms with Crippen molar-refractivity contribution in [2.45, 2.75) is 91.5 Å². The molecule has 5 nitrogen and oxygen atoms in total. The highest BCUT2D eigenvalue weighted by atomic mass is 19.3. The number of hydrogen-bond donors (Lipinski definition) is 1. The zero-order valence-electron chi connectivity index (χ0n) is 21.9. The summed E-state index contributed by atoms with van der Waals surface area (Å²) in [7, 11) is 0. The summed E-state index contributed by atoms with van der Waals surface area (Å²) in [6.07, 6.45) is -1.67. The second kappa shape index (κ2) is 9.25. The summed E-state index contributed by atoms with van der Waals surface area (Å²) in [5.74, 6) is -4.80. The lowest BCUT2D eigenvalue weighted by molar-refractivity contribution is -0.160. The average Bonchev–Trinajstić information content (AvgIpc) is 3.38. The van der Waals surface area contributed by atoms with Gasteiger partial charge in [-0.2, -0.15) is 0 Å². The molecule has 1 amide bonds. The van der Waals surface area contributed by atoms with Crippen LogP contribution in [0, 0.1) is 26.7 Å². The fraction of sp³-hybridized carbons (Fsp3) is 0.517. The number of amides is 1. The monoisotopic (exact) mass is 499 g/mol. The van der Waals surface area contributed by atoms with E-state index in [0.717, 1.165) is 38.9 Å². The molecule has 1 heterocycles. The number of carbonyl (C=O) groups excluding carboxylic acids is 1. The number of alkyl halides is 2. The highest BCUT2D eigenvalue weighted by Crippen LogP contribution is 2.45. The Morgan fingerprint density at radius 1 is 1.06 bits per heavy atom. The molecule has 0 bridgehead atoms. The summed E-state index contributed by atoms with van der Waals surface area (Å²) >= 11 is 0. The Balaban J connectivity index is 1.84. The topological polar surface area (TPSA) is 66.8 Å². The minimum atomic E-state index is -2.79. The molecular weight excluding hydrogens is 464 g/mol. The van der Waals surface area contributed by atoms with Gasteiger partial charge in [-0.1, -0.05) is 29.8 Å². The molecule has 194 valence electrons. The molecule has 2 atom stereocenters. The van der Waals surface area contributed by atoms with Gasteiger partial charge in [0.2, 0.25) is 11.8 Å². The molecule has 1 fully saturated rings. The van der Waals surface area contributed by atoms with Crippen molar-refractivity contribution < 1.29 is 28.2 Å². The maximum absolute atomic E-state index is 13.8. The Bertz CT molecular complexity index is 1200. The van der Waals surface area contributed by atoms with Crippen LogP contribution in [0.4, 0.5) is 8.78 Å². The van der Waals surface area contributed by atoms with Crippen molar-refractivity contribution in [2.24, 2.45) is 5.92 Å². The van der Waals surface area contributed by atoms with E-state index < -0.39 is 35.9 Å². The highest BCUT2D eigenvalue weighted by Gasteiger charge is 2.45. The number of carboxylic acid groups (broad SMARTS) is 1. The fourth-order valence-electron chi connectivity index (χ4n) is 5.60. The first kappa shape index (κ1) is 26.3. The third kappa shape index (κ3) is 5.03. The molecule has 1 aliphatic heterocycles. The third-order valence-electron chi connectivity index (χ3n) is 7.38. The number of aryl methyl sites for hydroxylation is 1. The van der Waals surface area contributed by atoms with Gasteiger partial charge in [-0.3, -0.25) is 4.79 Å². The number of fused-ring (bicyclic) bond motifs is 1. The van der Waals surface area contributed by atoms with Crippen LogP contribution in [-0.2, 0) is 27.4 Å². The first-order chi connectivity index (χ1) is 16.7. The van der Waals surface area contributed by atoms with Crippen LogP contribution in [0.15, 0.2) is 24.3 Å². The van der Waals surface area contributed by atoms with Crippen LogP contribution in [-0.4, -0.2) is 33.4 Å². The molecular formula is C29H35F2NO4. The van der Waals surface area contributed by atoms with E-state index in [0.29, 0.717) is 12.1 Å². The zero-order chi connectivity index (χ0) is 26.6. The van der Waals surface area contributed by atoms with E-state index in [1.54, 1.807) is 4.90 Å². The van der Waals surface area contributed by atoms with Crippen LogP contribution in [0.25, 0.3) is 11.1 Å². The number of halogens is 2. The summed E-state index contributed by atoms with van der Waals surface area (Å²) in [5, 5.41) is 10.2. The standard InChI is InChI=1S/C29H35F2NO4/c1-16-7-9-19(10-8-16)23-17(2)21-14-32(26(33)20-11-12-29(30,31)13-20)15-22(21)18(3)24(23)25(27(34)35)36-28(4,5)6/h7-10,20,25H,11-15H2,1-6H3,(H,34,35). The van der Waals surface area contributed by atoms with E-state index in [1.165, 1.54) is 0 Å². The molecule has 0 spiro atoms. The summed E-state index contributed by atoms with van der Waals surface area (Å²) in [4.78, 5) is 27.4. The lowest BCUT2D eigenvalue weighted by Crippen LogP contribution is -2.31. The van der Waals surface area contributed by atoms with Crippen LogP contribution in [0.1, 0.15) is 79.5 Å². The second-order valence-corrected chi connectivity index (χ2v) is 11.3. The fourth-order valence-corrected chi connectivity index (χ4v) is 5.60. The van der Waals surface area contributed by atoms with E-state index >= 15 is 0 Å². The van der Waals surface area contributed by atoms with Gasteiger partial charge in [0, 0.05) is 37.4 Å². The largest absolute Gasteiger partial charge is 0.479 e. The summed E-state index contributed by atoms with van der Waals surface area (Å²) in [6.45, 7) is 11.9. The predicted molar refractivity (Wildman–Crippen MR) is 134 cm³/mol. The molecule has 1 aliphatic carbocycles. The molecule has 0 radical (unpaired) electrons. The second-order valence-electron chi connectivity index (χ2n) is 11.3. The van der Waals surface area contributed by atoms with E-state index in [2.05, 4.69) is 0 Å². The number of aliphatic carboxylic acids is 1. The van der Waals surface area contributed by atoms with Crippen molar-refractivity contribution in [3.05, 3.63) is 57.6 Å². The smallest absolute Gasteiger partial charge is 0.337 e. The Morgan fingerprint density at radius 2 is 1.64 bits per heavy atom. The van der Waals surface area contributed by atoms with Gasteiger partial charge in [0.1, 0.15) is 0 Å². The quantitative estimate of drug-likeness (QED) is 0.510. The van der Waals surface area contributed by atoms with Gasteiger partial charge in [0.15, 0.2) is 6.10 Å². The van der Waals surface area contributed by atoms with Gasteiger partial charge in [0.05, 0.1) is 5.60 Å². The maximum atomic E-state index is 13.8. The number of ether oxygens (including phenoxy) is 1. The van der Waals surface area contributed by atoms with E-state index in [-0.39, 0.29) is 25.3 Å². The van der Waals surface area contributed by atoms with Crippen molar-refractivity contribution in [2.75, 3.05) is 0 Å². The minimum absolute atomic E-state index is 0.191. The van der Waals surface area contributed by atoms with Crippen LogP contribution in [0.2, 0.25) is 0 Å². The Hall–Kier alpha value is -2.80. The van der Waals surface area contributed by atoms with Crippen molar-refractivity contribution in [3.63, 3.8) is 0 Å². The Morgan fingerprint density at radius 3 is 2.14 bits per heavy atom. The van der Waals surface area contributed by atoms with E-state index in [9.17, 15) is 23.5 Å². The summed E-state index contributed by atoms with van der Waals surface area (Å²) in [5.41, 5.74) is 6.15. The Kier molecular flexibility index (Phi) is 6.75. The number of hydrogen-bond acceptors (Lipinski definition) is 3. The molecule has 4 rings (SSSR count). The van der Waals surface area contributed by atoms with Crippen molar-refractivity contribution in [3.8, 4) is 11.1 Å².